The fourth-order valence-electron chi connectivity index (χ4n) is 6.41. The molecule has 0 aromatic heterocycles. The normalized spacial score (nSPS) is 16.7. The monoisotopic (exact) mass is 768 g/mol. The number of aliphatic hydroxyl groups is 2. The Labute approximate surface area is 330 Å². The van der Waals surface area contributed by atoms with Crippen LogP contribution in [-0.2, 0) is 54.9 Å². The van der Waals surface area contributed by atoms with E-state index in [4.69, 9.17) is 23.7 Å². The van der Waals surface area contributed by atoms with Gasteiger partial charge in [-0.1, -0.05) is 121 Å². The fraction of sp³-hybridized carbons (Fsp3) is 0.422. The third kappa shape index (κ3) is 12.4. The average Bonchev–Trinajstić information content (AvgIpc) is 3.20. The molecule has 1 aliphatic heterocycles. The Balaban J connectivity index is 1.52. The van der Waals surface area contributed by atoms with Gasteiger partial charge in [0.1, 0.15) is 23.4 Å². The lowest BCUT2D eigenvalue weighted by Crippen LogP contribution is -2.65. The summed E-state index contributed by atoms with van der Waals surface area (Å²) >= 11 is 0. The van der Waals surface area contributed by atoms with Crippen LogP contribution >= 0.6 is 0 Å². The topological polar surface area (TPSA) is 127 Å². The summed E-state index contributed by atoms with van der Waals surface area (Å²) in [4.78, 5) is 31.0. The third-order valence-corrected chi connectivity index (χ3v) is 9.57. The molecule has 0 saturated carbocycles. The number of hydrogen-bond acceptors (Lipinski definition) is 9. The van der Waals surface area contributed by atoms with Gasteiger partial charge in [-0.3, -0.25) is 4.79 Å². The van der Waals surface area contributed by atoms with Crippen LogP contribution in [0.25, 0.3) is 0 Å². The number of piperazine rings is 1. The van der Waals surface area contributed by atoms with Crippen molar-refractivity contribution in [2.24, 2.45) is 0 Å². The van der Waals surface area contributed by atoms with Crippen molar-refractivity contribution in [1.82, 2.24) is 9.80 Å². The average molecular weight is 769 g/mol. The highest BCUT2D eigenvalue weighted by Gasteiger charge is 2.52. The largest absolute Gasteiger partial charge is 0.444 e. The molecule has 0 aliphatic carbocycles. The van der Waals surface area contributed by atoms with Crippen molar-refractivity contribution in [1.29, 1.82) is 0 Å². The van der Waals surface area contributed by atoms with Crippen molar-refractivity contribution in [3.05, 3.63) is 144 Å². The van der Waals surface area contributed by atoms with Crippen molar-refractivity contribution in [3.63, 3.8) is 0 Å². The second kappa shape index (κ2) is 20.5. The number of amides is 2. The van der Waals surface area contributed by atoms with Crippen LogP contribution in [0.1, 0.15) is 49.9 Å². The third-order valence-electron chi connectivity index (χ3n) is 9.57. The maximum atomic E-state index is 14.9. The summed E-state index contributed by atoms with van der Waals surface area (Å²) in [6, 6.07) is 37.9. The summed E-state index contributed by atoms with van der Waals surface area (Å²) in [7, 11) is 0. The first-order chi connectivity index (χ1) is 26.9. The van der Waals surface area contributed by atoms with Gasteiger partial charge in [-0.25, -0.2) is 4.79 Å². The quantitative estimate of drug-likeness (QED) is 0.123. The van der Waals surface area contributed by atoms with Crippen molar-refractivity contribution in [3.8, 4) is 0 Å². The summed E-state index contributed by atoms with van der Waals surface area (Å²) in [5.74, 6) is -0.408. The molecule has 5 atom stereocenters. The van der Waals surface area contributed by atoms with Crippen LogP contribution in [0.4, 0.5) is 4.79 Å². The molecular formula is C45H56N2O9. The molecule has 1 aliphatic rings. The Bertz CT molecular complexity index is 1750. The molecule has 0 spiro atoms. The van der Waals surface area contributed by atoms with Crippen LogP contribution < -0.4 is 0 Å². The highest BCUT2D eigenvalue weighted by molar-refractivity contribution is 5.82. The van der Waals surface area contributed by atoms with Crippen LogP contribution in [0.2, 0.25) is 0 Å². The van der Waals surface area contributed by atoms with Gasteiger partial charge in [0.05, 0.1) is 39.1 Å². The van der Waals surface area contributed by atoms with E-state index in [1.165, 1.54) is 6.92 Å². The zero-order valence-electron chi connectivity index (χ0n) is 32.9. The molecule has 2 N–H and O–H groups in total. The van der Waals surface area contributed by atoms with E-state index < -0.39 is 47.6 Å². The van der Waals surface area contributed by atoms with Gasteiger partial charge < -0.3 is 43.7 Å². The number of nitrogens with zero attached hydrogens (tertiary/aromatic N) is 2. The van der Waals surface area contributed by atoms with Crippen LogP contribution in [-0.4, -0.2) is 100 Å². The lowest BCUT2D eigenvalue weighted by atomic mass is 9.85. The molecule has 1 heterocycles. The molecule has 4 aromatic carbocycles. The fourth-order valence-corrected chi connectivity index (χ4v) is 6.41. The first-order valence-electron chi connectivity index (χ1n) is 19.2. The number of ether oxygens (including phenoxy) is 5. The SMILES string of the molecule is C[C@@H](O)[C@](O)(COCc1ccccc1)[C@@H](OCc1ccccc1)[C@H](OCc1ccccc1)[C@@H](OCc1ccccc1)C(=O)N1CCN(C(=O)OC(C)(C)C)CC1. The minimum absolute atomic E-state index is 0.0264. The van der Waals surface area contributed by atoms with Crippen LogP contribution in [0, 0.1) is 0 Å². The number of hydrogen-bond donors (Lipinski definition) is 2. The number of carbonyl (C=O) groups excluding carboxylic acids is 2. The molecule has 11 nitrogen and oxygen atoms in total. The van der Waals surface area contributed by atoms with E-state index in [0.717, 1.165) is 22.3 Å². The molecule has 1 saturated heterocycles. The maximum Gasteiger partial charge on any atom is 0.410 e. The Kier molecular flexibility index (Phi) is 15.6. The van der Waals surface area contributed by atoms with E-state index in [2.05, 4.69) is 0 Å². The van der Waals surface area contributed by atoms with Gasteiger partial charge in [0.2, 0.25) is 0 Å². The molecule has 0 bridgehead atoms. The Morgan fingerprint density at radius 2 is 1.04 bits per heavy atom. The maximum absolute atomic E-state index is 14.9. The van der Waals surface area contributed by atoms with Crippen molar-refractivity contribution in [2.75, 3.05) is 32.8 Å². The van der Waals surface area contributed by atoms with Gasteiger partial charge in [0, 0.05) is 26.2 Å². The minimum atomic E-state index is -2.09. The summed E-state index contributed by atoms with van der Waals surface area (Å²) in [6.45, 7) is 7.76. The predicted octanol–water partition coefficient (Wildman–Crippen LogP) is 6.15. The number of aliphatic hydroxyl groups excluding tert-OH is 1. The van der Waals surface area contributed by atoms with Crippen molar-refractivity contribution < 1.29 is 43.5 Å². The Morgan fingerprint density at radius 1 is 0.625 bits per heavy atom. The first kappa shape index (κ1) is 42.5. The second-order valence-corrected chi connectivity index (χ2v) is 15.1. The summed E-state index contributed by atoms with van der Waals surface area (Å²) in [6.07, 6.45) is -5.79. The van der Waals surface area contributed by atoms with E-state index in [1.54, 1.807) is 9.80 Å². The van der Waals surface area contributed by atoms with Crippen LogP contribution in [0.3, 0.4) is 0 Å². The first-order valence-corrected chi connectivity index (χ1v) is 19.2. The minimum Gasteiger partial charge on any atom is -0.444 e. The van der Waals surface area contributed by atoms with Gasteiger partial charge in [-0.15, -0.1) is 0 Å². The zero-order valence-corrected chi connectivity index (χ0v) is 32.9. The van der Waals surface area contributed by atoms with Gasteiger partial charge in [0.25, 0.3) is 5.91 Å². The lowest BCUT2D eigenvalue weighted by molar-refractivity contribution is -0.247. The van der Waals surface area contributed by atoms with Crippen LogP contribution in [0.15, 0.2) is 121 Å². The van der Waals surface area contributed by atoms with Gasteiger partial charge in [0.15, 0.2) is 6.10 Å². The zero-order chi connectivity index (χ0) is 40.0. The molecular weight excluding hydrogens is 713 g/mol. The number of carbonyl (C=O) groups is 2. The van der Waals surface area contributed by atoms with E-state index in [9.17, 15) is 19.8 Å². The van der Waals surface area contributed by atoms with Gasteiger partial charge in [-0.2, -0.15) is 0 Å². The van der Waals surface area contributed by atoms with Crippen molar-refractivity contribution >= 4 is 12.0 Å². The number of rotatable bonds is 18. The molecule has 11 heteroatoms. The molecule has 4 aromatic rings. The van der Waals surface area contributed by atoms with E-state index >= 15 is 0 Å². The Morgan fingerprint density at radius 3 is 1.48 bits per heavy atom. The molecule has 0 radical (unpaired) electrons. The summed E-state index contributed by atoms with van der Waals surface area (Å²) in [5, 5.41) is 24.1. The second-order valence-electron chi connectivity index (χ2n) is 15.1. The molecule has 56 heavy (non-hydrogen) atoms. The summed E-state index contributed by atoms with van der Waals surface area (Å²) in [5.41, 5.74) is 0.576. The summed E-state index contributed by atoms with van der Waals surface area (Å²) < 4.78 is 31.6. The molecule has 0 unspecified atom stereocenters. The van der Waals surface area contributed by atoms with Gasteiger partial charge in [-0.05, 0) is 49.9 Å². The number of benzene rings is 4. The standard InChI is InChI=1S/C45H56N2O9/c1-34(48)45(51,33-52-29-35-17-9-5-10-18-35)41(55-32-38-23-15-8-16-24-38)39(53-30-36-19-11-6-12-20-36)40(54-31-37-21-13-7-14-22-37)42(49)46-25-27-47(28-26-46)43(50)56-44(2,3)4/h5-24,34,39-41,48,51H,25-33H2,1-4H3/t34-,39-,40-,41+,45-/m1/s1. The molecule has 300 valence electrons. The smallest absolute Gasteiger partial charge is 0.410 e. The molecule has 1 fully saturated rings. The highest BCUT2D eigenvalue weighted by Crippen LogP contribution is 2.31. The van der Waals surface area contributed by atoms with Gasteiger partial charge >= 0.3 is 6.09 Å². The van der Waals surface area contributed by atoms with Crippen LogP contribution in [0.5, 0.6) is 0 Å². The van der Waals surface area contributed by atoms with Crippen molar-refractivity contribution in [2.45, 2.75) is 89.7 Å². The molecule has 5 rings (SSSR count). The lowest BCUT2D eigenvalue weighted by Gasteiger charge is -2.44. The molecule has 2 amide bonds. The van der Waals surface area contributed by atoms with E-state index in [-0.39, 0.29) is 59.2 Å². The van der Waals surface area contributed by atoms with E-state index in [0.29, 0.717) is 0 Å². The predicted molar refractivity (Wildman–Crippen MR) is 212 cm³/mol. The Hall–Kier alpha value is -4.62. The van der Waals surface area contributed by atoms with E-state index in [1.807, 2.05) is 142 Å². The highest BCUT2D eigenvalue weighted by atomic mass is 16.6.